The van der Waals surface area contributed by atoms with Crippen molar-refractivity contribution in [2.45, 2.75) is 84.7 Å². The van der Waals surface area contributed by atoms with E-state index < -0.39 is 0 Å². The zero-order chi connectivity index (χ0) is 12.2. The summed E-state index contributed by atoms with van der Waals surface area (Å²) in [7, 11) is 0. The highest BCUT2D eigenvalue weighted by Gasteiger charge is 2.26. The van der Waals surface area contributed by atoms with Crippen LogP contribution in [0.15, 0.2) is 0 Å². The standard InChI is InChI=1S/C14H30N2/c1-13(2,3)11-14(4,5)16-15-12-9-7-6-8-10-12/h12,15-16H,6-11H2,1-5H3. The van der Waals surface area contributed by atoms with Crippen LogP contribution in [0.2, 0.25) is 0 Å². The first-order chi connectivity index (χ1) is 7.29. The maximum atomic E-state index is 3.54. The van der Waals surface area contributed by atoms with E-state index in [-0.39, 0.29) is 5.54 Å². The molecule has 0 radical (unpaired) electrons. The van der Waals surface area contributed by atoms with Gasteiger partial charge >= 0.3 is 0 Å². The molecule has 0 saturated heterocycles. The van der Waals surface area contributed by atoms with Crippen molar-refractivity contribution in [3.63, 3.8) is 0 Å². The lowest BCUT2D eigenvalue weighted by Gasteiger charge is -2.36. The van der Waals surface area contributed by atoms with Gasteiger partial charge in [-0.3, -0.25) is 10.9 Å². The fraction of sp³-hybridized carbons (Fsp3) is 1.00. The lowest BCUT2D eigenvalue weighted by molar-refractivity contribution is 0.195. The smallest absolute Gasteiger partial charge is 0.0272 e. The summed E-state index contributed by atoms with van der Waals surface area (Å²) in [6.07, 6.45) is 8.04. The van der Waals surface area contributed by atoms with E-state index >= 15 is 0 Å². The molecular weight excluding hydrogens is 196 g/mol. The Morgan fingerprint density at radius 1 is 0.938 bits per heavy atom. The molecule has 0 spiro atoms. The fourth-order valence-corrected chi connectivity index (χ4v) is 2.91. The Kier molecular flexibility index (Phi) is 4.81. The molecule has 96 valence electrons. The van der Waals surface area contributed by atoms with Crippen molar-refractivity contribution in [2.75, 3.05) is 0 Å². The summed E-state index contributed by atoms with van der Waals surface area (Å²) in [5, 5.41) is 0. The molecule has 0 aromatic carbocycles. The summed E-state index contributed by atoms with van der Waals surface area (Å²) >= 11 is 0. The summed E-state index contributed by atoms with van der Waals surface area (Å²) in [5.41, 5.74) is 7.63. The highest BCUT2D eigenvalue weighted by Crippen LogP contribution is 2.26. The zero-order valence-corrected chi connectivity index (χ0v) is 11.8. The first kappa shape index (κ1) is 14.0. The van der Waals surface area contributed by atoms with Gasteiger partial charge in [0.15, 0.2) is 0 Å². The molecule has 0 bridgehead atoms. The van der Waals surface area contributed by atoms with Crippen LogP contribution in [-0.2, 0) is 0 Å². The first-order valence-electron chi connectivity index (χ1n) is 6.81. The zero-order valence-electron chi connectivity index (χ0n) is 11.8. The molecule has 2 heteroatoms. The number of nitrogens with one attached hydrogen (secondary N) is 2. The number of hydrogen-bond acceptors (Lipinski definition) is 2. The van der Waals surface area contributed by atoms with Crippen LogP contribution in [0.4, 0.5) is 0 Å². The van der Waals surface area contributed by atoms with Crippen molar-refractivity contribution in [3.05, 3.63) is 0 Å². The van der Waals surface area contributed by atoms with Gasteiger partial charge in [-0.15, -0.1) is 0 Å². The maximum Gasteiger partial charge on any atom is 0.0272 e. The monoisotopic (exact) mass is 226 g/mol. The fourth-order valence-electron chi connectivity index (χ4n) is 2.91. The molecule has 1 aliphatic rings. The molecule has 2 N–H and O–H groups in total. The van der Waals surface area contributed by atoms with Crippen molar-refractivity contribution < 1.29 is 0 Å². The summed E-state index contributed by atoms with van der Waals surface area (Å²) in [6.45, 7) is 11.5. The van der Waals surface area contributed by atoms with E-state index in [4.69, 9.17) is 0 Å². The molecule has 1 fully saturated rings. The van der Waals surface area contributed by atoms with Crippen LogP contribution in [0.1, 0.15) is 73.1 Å². The van der Waals surface area contributed by atoms with Crippen molar-refractivity contribution >= 4 is 0 Å². The summed E-state index contributed by atoms with van der Waals surface area (Å²) in [6, 6.07) is 0.688. The minimum absolute atomic E-state index is 0.176. The van der Waals surface area contributed by atoms with E-state index in [1.807, 2.05) is 0 Å². The van der Waals surface area contributed by atoms with Gasteiger partial charge in [0.2, 0.25) is 0 Å². The molecule has 0 atom stereocenters. The Hall–Kier alpha value is -0.0800. The van der Waals surface area contributed by atoms with E-state index in [1.54, 1.807) is 0 Å². The number of hydrazine groups is 1. The van der Waals surface area contributed by atoms with E-state index in [0.29, 0.717) is 11.5 Å². The van der Waals surface area contributed by atoms with Crippen molar-refractivity contribution in [1.82, 2.24) is 10.9 Å². The molecule has 0 amide bonds. The average Bonchev–Trinajstić information content (AvgIpc) is 2.13. The molecule has 0 unspecified atom stereocenters. The maximum absolute atomic E-state index is 3.54. The summed E-state index contributed by atoms with van der Waals surface area (Å²) < 4.78 is 0. The highest BCUT2D eigenvalue weighted by molar-refractivity contribution is 4.83. The molecule has 1 rings (SSSR count). The van der Waals surface area contributed by atoms with Gasteiger partial charge < -0.3 is 0 Å². The second-order valence-corrected chi connectivity index (χ2v) is 7.23. The third-order valence-corrected chi connectivity index (χ3v) is 3.19. The van der Waals surface area contributed by atoms with Crippen LogP contribution in [0.3, 0.4) is 0 Å². The Bertz CT molecular complexity index is 197. The first-order valence-corrected chi connectivity index (χ1v) is 6.81. The van der Waals surface area contributed by atoms with Gasteiger partial charge in [0.05, 0.1) is 0 Å². The van der Waals surface area contributed by atoms with E-state index in [2.05, 4.69) is 45.5 Å². The van der Waals surface area contributed by atoms with Gasteiger partial charge in [0, 0.05) is 11.6 Å². The lowest BCUT2D eigenvalue weighted by atomic mass is 9.82. The van der Waals surface area contributed by atoms with Crippen LogP contribution in [-0.4, -0.2) is 11.6 Å². The molecule has 0 aromatic heterocycles. The third kappa shape index (κ3) is 5.86. The van der Waals surface area contributed by atoms with Crippen molar-refractivity contribution in [1.29, 1.82) is 0 Å². The molecule has 16 heavy (non-hydrogen) atoms. The second-order valence-electron chi connectivity index (χ2n) is 7.23. The minimum Gasteiger partial charge on any atom is -0.254 e. The Balaban J connectivity index is 2.29. The van der Waals surface area contributed by atoms with E-state index in [9.17, 15) is 0 Å². The van der Waals surface area contributed by atoms with Crippen LogP contribution < -0.4 is 10.9 Å². The van der Waals surface area contributed by atoms with Crippen LogP contribution >= 0.6 is 0 Å². The number of rotatable bonds is 4. The third-order valence-electron chi connectivity index (χ3n) is 3.19. The Labute approximate surface area is 102 Å². The second kappa shape index (κ2) is 5.50. The predicted octanol–water partition coefficient (Wildman–Crippen LogP) is 3.63. The van der Waals surface area contributed by atoms with Crippen LogP contribution in [0.5, 0.6) is 0 Å². The lowest BCUT2D eigenvalue weighted by Crippen LogP contribution is -2.53. The van der Waals surface area contributed by atoms with Gasteiger partial charge in [-0.1, -0.05) is 40.0 Å². The van der Waals surface area contributed by atoms with Gasteiger partial charge in [0.25, 0.3) is 0 Å². The molecule has 1 aliphatic carbocycles. The minimum atomic E-state index is 0.176. The summed E-state index contributed by atoms with van der Waals surface area (Å²) in [5.74, 6) is 0. The SMILES string of the molecule is CC(C)(C)CC(C)(C)NNC1CCCCC1. The molecule has 0 aromatic rings. The van der Waals surface area contributed by atoms with Gasteiger partial charge in [-0.25, -0.2) is 0 Å². The normalized spacial score (nSPS) is 20.1. The largest absolute Gasteiger partial charge is 0.254 e. The van der Waals surface area contributed by atoms with Gasteiger partial charge in [-0.2, -0.15) is 0 Å². The van der Waals surface area contributed by atoms with Crippen molar-refractivity contribution in [3.8, 4) is 0 Å². The molecule has 2 nitrogen and oxygen atoms in total. The Morgan fingerprint density at radius 3 is 2.00 bits per heavy atom. The van der Waals surface area contributed by atoms with Gasteiger partial charge in [0.1, 0.15) is 0 Å². The average molecular weight is 226 g/mol. The van der Waals surface area contributed by atoms with Gasteiger partial charge in [-0.05, 0) is 38.5 Å². The molecule has 0 aliphatic heterocycles. The predicted molar refractivity (Wildman–Crippen MR) is 71.3 cm³/mol. The Morgan fingerprint density at radius 2 is 1.50 bits per heavy atom. The van der Waals surface area contributed by atoms with Crippen molar-refractivity contribution in [2.24, 2.45) is 5.41 Å². The van der Waals surface area contributed by atoms with Crippen LogP contribution in [0.25, 0.3) is 0 Å². The van der Waals surface area contributed by atoms with Crippen LogP contribution in [0, 0.1) is 5.41 Å². The quantitative estimate of drug-likeness (QED) is 0.715. The molecule has 0 heterocycles. The summed E-state index contributed by atoms with van der Waals surface area (Å²) in [4.78, 5) is 0. The molecular formula is C14H30N2. The topological polar surface area (TPSA) is 24.1 Å². The van der Waals surface area contributed by atoms with E-state index in [0.717, 1.165) is 0 Å². The number of hydrogen-bond donors (Lipinski definition) is 2. The van der Waals surface area contributed by atoms with E-state index in [1.165, 1.54) is 38.5 Å². The highest BCUT2D eigenvalue weighted by atomic mass is 15.4. The molecule has 1 saturated carbocycles.